The van der Waals surface area contributed by atoms with Crippen LogP contribution in [0.1, 0.15) is 48.1 Å². The van der Waals surface area contributed by atoms with Crippen molar-refractivity contribution in [3.63, 3.8) is 0 Å². The number of hydrogen-bond donors (Lipinski definition) is 1. The van der Waals surface area contributed by atoms with Gasteiger partial charge in [-0.1, -0.05) is 31.2 Å². The quantitative estimate of drug-likeness (QED) is 0.908. The van der Waals surface area contributed by atoms with Crippen LogP contribution in [0, 0.1) is 0 Å². The summed E-state index contributed by atoms with van der Waals surface area (Å²) in [5.74, 6) is 2.82. The third kappa shape index (κ3) is 1.79. The first kappa shape index (κ1) is 12.1. The average molecular weight is 268 g/mol. The molecule has 4 nitrogen and oxygen atoms in total. The Morgan fingerprint density at radius 3 is 2.55 bits per heavy atom. The molecule has 0 fully saturated rings. The van der Waals surface area contributed by atoms with E-state index in [0.29, 0.717) is 12.0 Å². The lowest BCUT2D eigenvalue weighted by molar-refractivity contribution is 0.395. The molecule has 0 radical (unpaired) electrons. The molecule has 1 unspecified atom stereocenters. The third-order valence-electron chi connectivity index (χ3n) is 4.67. The summed E-state index contributed by atoms with van der Waals surface area (Å²) in [5.41, 5.74) is 2.96. The van der Waals surface area contributed by atoms with E-state index in [9.17, 15) is 0 Å². The molecular formula is C16H20N4. The zero-order valence-corrected chi connectivity index (χ0v) is 11.8. The Hall–Kier alpha value is -1.68. The Balaban J connectivity index is 1.67. The third-order valence-corrected chi connectivity index (χ3v) is 4.67. The van der Waals surface area contributed by atoms with Gasteiger partial charge in [-0.3, -0.25) is 0 Å². The zero-order chi connectivity index (χ0) is 13.5. The molecule has 1 aromatic heterocycles. The Kier molecular flexibility index (Phi) is 2.84. The van der Waals surface area contributed by atoms with E-state index in [0.717, 1.165) is 38.2 Å². The number of rotatable bonds is 2. The molecule has 0 saturated carbocycles. The van der Waals surface area contributed by atoms with Crippen LogP contribution in [0.3, 0.4) is 0 Å². The van der Waals surface area contributed by atoms with Crippen LogP contribution in [0.25, 0.3) is 0 Å². The highest BCUT2D eigenvalue weighted by Gasteiger charge is 2.30. The molecule has 0 spiro atoms. The standard InChI is InChI=1S/C16H20N4/c1-2-14-16-19-18-15(20(16)8-7-17-14)13-9-11-5-3-4-6-12(11)10-13/h3-6,13-14,17H,2,7-10H2,1H3. The van der Waals surface area contributed by atoms with E-state index >= 15 is 0 Å². The van der Waals surface area contributed by atoms with Gasteiger partial charge in [0.05, 0.1) is 6.04 Å². The minimum Gasteiger partial charge on any atom is -0.312 e. The van der Waals surface area contributed by atoms with E-state index in [-0.39, 0.29) is 0 Å². The summed E-state index contributed by atoms with van der Waals surface area (Å²) in [6.07, 6.45) is 3.29. The van der Waals surface area contributed by atoms with Crippen LogP contribution < -0.4 is 5.32 Å². The summed E-state index contributed by atoms with van der Waals surface area (Å²) >= 11 is 0. The van der Waals surface area contributed by atoms with Gasteiger partial charge in [-0.25, -0.2) is 0 Å². The van der Waals surface area contributed by atoms with E-state index in [4.69, 9.17) is 0 Å². The molecule has 2 aliphatic rings. The highest BCUT2D eigenvalue weighted by molar-refractivity contribution is 5.35. The first-order valence-corrected chi connectivity index (χ1v) is 7.60. The summed E-state index contributed by atoms with van der Waals surface area (Å²) < 4.78 is 2.36. The van der Waals surface area contributed by atoms with Crippen molar-refractivity contribution < 1.29 is 0 Å². The number of nitrogens with zero attached hydrogens (tertiary/aromatic N) is 3. The Labute approximate surface area is 119 Å². The van der Waals surface area contributed by atoms with Gasteiger partial charge in [0, 0.05) is 19.0 Å². The molecule has 0 saturated heterocycles. The van der Waals surface area contributed by atoms with Crippen LogP contribution in [0.5, 0.6) is 0 Å². The van der Waals surface area contributed by atoms with Crippen LogP contribution in [0.2, 0.25) is 0 Å². The molecule has 0 bridgehead atoms. The molecule has 2 heterocycles. The molecule has 1 aliphatic heterocycles. The molecule has 2 aromatic rings. The smallest absolute Gasteiger partial charge is 0.150 e. The SMILES string of the molecule is CCC1NCCn2c(C3Cc4ccccc4C3)nnc21. The van der Waals surface area contributed by atoms with Crippen LogP contribution in [-0.4, -0.2) is 21.3 Å². The molecule has 1 aliphatic carbocycles. The maximum atomic E-state index is 4.53. The fourth-order valence-electron chi connectivity index (χ4n) is 3.63. The number of fused-ring (bicyclic) bond motifs is 2. The zero-order valence-electron chi connectivity index (χ0n) is 11.8. The molecular weight excluding hydrogens is 248 g/mol. The number of nitrogens with one attached hydrogen (secondary N) is 1. The maximum absolute atomic E-state index is 4.53. The van der Waals surface area contributed by atoms with Crippen molar-refractivity contribution in [3.05, 3.63) is 47.0 Å². The van der Waals surface area contributed by atoms with E-state index in [1.807, 2.05) is 0 Å². The van der Waals surface area contributed by atoms with Gasteiger partial charge in [0.1, 0.15) is 11.6 Å². The normalized spacial score (nSPS) is 21.8. The Bertz CT molecular complexity index is 606. The molecule has 1 aromatic carbocycles. The van der Waals surface area contributed by atoms with Gasteiger partial charge in [-0.2, -0.15) is 0 Å². The average Bonchev–Trinajstić information content (AvgIpc) is 3.09. The van der Waals surface area contributed by atoms with E-state index in [1.165, 1.54) is 17.0 Å². The monoisotopic (exact) mass is 268 g/mol. The summed E-state index contributed by atoms with van der Waals surface area (Å²) in [6, 6.07) is 9.14. The topological polar surface area (TPSA) is 42.7 Å². The van der Waals surface area contributed by atoms with Crippen molar-refractivity contribution >= 4 is 0 Å². The fourth-order valence-corrected chi connectivity index (χ4v) is 3.63. The number of benzene rings is 1. The predicted molar refractivity (Wildman–Crippen MR) is 77.6 cm³/mol. The summed E-state index contributed by atoms with van der Waals surface area (Å²) in [5, 5.41) is 12.5. The number of aromatic nitrogens is 3. The minimum atomic E-state index is 0.369. The first-order chi connectivity index (χ1) is 9.86. The minimum absolute atomic E-state index is 0.369. The second-order valence-corrected chi connectivity index (χ2v) is 5.86. The molecule has 4 rings (SSSR count). The number of hydrogen-bond acceptors (Lipinski definition) is 3. The van der Waals surface area contributed by atoms with Gasteiger partial charge in [0.2, 0.25) is 0 Å². The second-order valence-electron chi connectivity index (χ2n) is 5.86. The lowest BCUT2D eigenvalue weighted by Gasteiger charge is -2.25. The molecule has 104 valence electrons. The van der Waals surface area contributed by atoms with Crippen molar-refractivity contribution in [2.24, 2.45) is 0 Å². The summed E-state index contributed by atoms with van der Waals surface area (Å²) in [4.78, 5) is 0. The largest absolute Gasteiger partial charge is 0.312 e. The molecule has 0 amide bonds. The van der Waals surface area contributed by atoms with Gasteiger partial charge in [0.15, 0.2) is 0 Å². The molecule has 20 heavy (non-hydrogen) atoms. The van der Waals surface area contributed by atoms with Crippen molar-refractivity contribution in [2.45, 2.75) is 44.7 Å². The molecule has 1 N–H and O–H groups in total. The van der Waals surface area contributed by atoms with Gasteiger partial charge >= 0.3 is 0 Å². The van der Waals surface area contributed by atoms with Crippen LogP contribution in [-0.2, 0) is 19.4 Å². The fraction of sp³-hybridized carbons (Fsp3) is 0.500. The van der Waals surface area contributed by atoms with E-state index in [1.54, 1.807) is 0 Å². The lowest BCUT2D eigenvalue weighted by Crippen LogP contribution is -2.34. The van der Waals surface area contributed by atoms with Crippen LogP contribution >= 0.6 is 0 Å². The predicted octanol–water partition coefficient (Wildman–Crippen LogP) is 2.21. The molecule has 4 heteroatoms. The van der Waals surface area contributed by atoms with Gasteiger partial charge in [0.25, 0.3) is 0 Å². The lowest BCUT2D eigenvalue weighted by atomic mass is 10.0. The van der Waals surface area contributed by atoms with E-state index < -0.39 is 0 Å². The highest BCUT2D eigenvalue weighted by Crippen LogP contribution is 2.34. The first-order valence-electron chi connectivity index (χ1n) is 7.60. The summed E-state index contributed by atoms with van der Waals surface area (Å²) in [6.45, 7) is 4.23. The van der Waals surface area contributed by atoms with E-state index in [2.05, 4.69) is 51.3 Å². The second kappa shape index (κ2) is 4.70. The van der Waals surface area contributed by atoms with Gasteiger partial charge < -0.3 is 9.88 Å². The van der Waals surface area contributed by atoms with Crippen LogP contribution in [0.4, 0.5) is 0 Å². The Morgan fingerprint density at radius 2 is 1.85 bits per heavy atom. The van der Waals surface area contributed by atoms with Crippen molar-refractivity contribution in [1.82, 2.24) is 20.1 Å². The maximum Gasteiger partial charge on any atom is 0.150 e. The van der Waals surface area contributed by atoms with Crippen molar-refractivity contribution in [3.8, 4) is 0 Å². The van der Waals surface area contributed by atoms with Gasteiger partial charge in [-0.15, -0.1) is 10.2 Å². The molecule has 1 atom stereocenters. The van der Waals surface area contributed by atoms with Crippen molar-refractivity contribution in [1.29, 1.82) is 0 Å². The summed E-state index contributed by atoms with van der Waals surface area (Å²) in [7, 11) is 0. The van der Waals surface area contributed by atoms with Crippen LogP contribution in [0.15, 0.2) is 24.3 Å². The van der Waals surface area contributed by atoms with Crippen molar-refractivity contribution in [2.75, 3.05) is 6.54 Å². The highest BCUT2D eigenvalue weighted by atomic mass is 15.3. The Morgan fingerprint density at radius 1 is 1.15 bits per heavy atom. The van der Waals surface area contributed by atoms with Gasteiger partial charge in [-0.05, 0) is 30.4 Å².